The number of likely N-dealkylation sites (tertiary alicyclic amines) is 1. The summed E-state index contributed by atoms with van der Waals surface area (Å²) >= 11 is 0. The molecule has 1 saturated heterocycles. The zero-order valence-corrected chi connectivity index (χ0v) is 14.5. The van der Waals surface area contributed by atoms with Crippen LogP contribution in [0.3, 0.4) is 0 Å². The summed E-state index contributed by atoms with van der Waals surface area (Å²) in [5.74, 6) is 1.47. The van der Waals surface area contributed by atoms with E-state index in [0.717, 1.165) is 31.2 Å². The number of methoxy groups -OCH3 is 1. The second-order valence-corrected chi connectivity index (χ2v) is 7.39. The predicted molar refractivity (Wildman–Crippen MR) is 92.5 cm³/mol. The third-order valence-electron chi connectivity index (χ3n) is 5.66. The van der Waals surface area contributed by atoms with Crippen LogP contribution in [0.15, 0.2) is 36.9 Å². The van der Waals surface area contributed by atoms with E-state index >= 15 is 0 Å². The van der Waals surface area contributed by atoms with Crippen LogP contribution in [0.2, 0.25) is 0 Å². The number of aryl methyl sites for hydroxylation is 1. The molecule has 2 aromatic heterocycles. The fourth-order valence-corrected chi connectivity index (χ4v) is 4.51. The molecule has 0 aromatic carbocycles. The Morgan fingerprint density at radius 3 is 2.71 bits per heavy atom. The Morgan fingerprint density at radius 1 is 1.21 bits per heavy atom. The minimum absolute atomic E-state index is 0.267. The van der Waals surface area contributed by atoms with Gasteiger partial charge in [-0.1, -0.05) is 6.07 Å². The Kier molecular flexibility index (Phi) is 4.37. The molecule has 3 heterocycles. The molecular formula is C19H26N4O. The molecule has 0 bridgehead atoms. The molecule has 2 aromatic rings. The normalized spacial score (nSPS) is 30.4. The topological polar surface area (TPSA) is 43.2 Å². The summed E-state index contributed by atoms with van der Waals surface area (Å²) in [5.41, 5.74) is 2.52. The lowest BCUT2D eigenvalue weighted by molar-refractivity contribution is -0.00488. The summed E-state index contributed by atoms with van der Waals surface area (Å²) in [6, 6.07) is 4.56. The first kappa shape index (κ1) is 15.8. The first-order valence-corrected chi connectivity index (χ1v) is 8.87. The molecule has 0 spiro atoms. The average molecular weight is 326 g/mol. The third-order valence-corrected chi connectivity index (χ3v) is 5.66. The summed E-state index contributed by atoms with van der Waals surface area (Å²) in [6.45, 7) is 5.45. The van der Waals surface area contributed by atoms with Crippen molar-refractivity contribution in [1.29, 1.82) is 0 Å². The van der Waals surface area contributed by atoms with Crippen molar-refractivity contribution in [2.24, 2.45) is 11.8 Å². The quantitative estimate of drug-likeness (QED) is 0.866. The van der Waals surface area contributed by atoms with Crippen LogP contribution in [-0.2, 0) is 11.3 Å². The highest BCUT2D eigenvalue weighted by Crippen LogP contribution is 2.42. The molecule has 128 valence electrons. The summed E-state index contributed by atoms with van der Waals surface area (Å²) in [7, 11) is 1.84. The van der Waals surface area contributed by atoms with Crippen molar-refractivity contribution in [1.82, 2.24) is 19.7 Å². The highest BCUT2D eigenvalue weighted by atomic mass is 16.5. The van der Waals surface area contributed by atoms with Crippen molar-refractivity contribution in [3.63, 3.8) is 0 Å². The summed E-state index contributed by atoms with van der Waals surface area (Å²) in [6.07, 6.45) is 10.5. The first-order chi connectivity index (χ1) is 11.7. The fourth-order valence-electron chi connectivity index (χ4n) is 4.51. The lowest BCUT2D eigenvalue weighted by atomic mass is 9.77. The molecule has 0 N–H and O–H groups in total. The Balaban J connectivity index is 1.46. The van der Waals surface area contributed by atoms with Crippen molar-refractivity contribution >= 4 is 0 Å². The minimum atomic E-state index is 0.267. The SMILES string of the molecule is CO[C@H]1C[C@@H]2CN(Cc3cccnc3)C[C@@H]2C[C@@H]1n1cc(C)cn1. The first-order valence-electron chi connectivity index (χ1n) is 8.87. The van der Waals surface area contributed by atoms with E-state index in [1.807, 2.05) is 31.8 Å². The number of pyridine rings is 1. The number of hydrogen-bond donors (Lipinski definition) is 0. The minimum Gasteiger partial charge on any atom is -0.379 e. The molecular weight excluding hydrogens is 300 g/mol. The van der Waals surface area contributed by atoms with Gasteiger partial charge in [0.2, 0.25) is 0 Å². The molecule has 1 aliphatic carbocycles. The standard InChI is InChI=1S/C19H26N4O/c1-14-8-21-23(10-14)18-6-16-12-22(11-15-4-3-5-20-9-15)13-17(16)7-19(18)24-2/h3-5,8-10,16-19H,6-7,11-13H2,1-2H3/t16-,17+,18-,19-/m0/s1. The summed E-state index contributed by atoms with van der Waals surface area (Å²) < 4.78 is 7.97. The lowest BCUT2D eigenvalue weighted by Crippen LogP contribution is -2.37. The van der Waals surface area contributed by atoms with Gasteiger partial charge in [-0.25, -0.2) is 0 Å². The molecule has 0 radical (unpaired) electrons. The van der Waals surface area contributed by atoms with Gasteiger partial charge in [0.05, 0.1) is 18.3 Å². The number of hydrogen-bond acceptors (Lipinski definition) is 4. The van der Waals surface area contributed by atoms with E-state index in [0.29, 0.717) is 6.04 Å². The number of fused-ring (bicyclic) bond motifs is 1. The fraction of sp³-hybridized carbons (Fsp3) is 0.579. The maximum absolute atomic E-state index is 5.84. The second kappa shape index (κ2) is 6.65. The van der Waals surface area contributed by atoms with Crippen LogP contribution in [0.4, 0.5) is 0 Å². The maximum atomic E-state index is 5.84. The van der Waals surface area contributed by atoms with Gasteiger partial charge in [-0.3, -0.25) is 14.6 Å². The summed E-state index contributed by atoms with van der Waals surface area (Å²) in [5, 5.41) is 4.55. The van der Waals surface area contributed by atoms with E-state index in [2.05, 4.69) is 38.9 Å². The third kappa shape index (κ3) is 3.10. The number of aromatic nitrogens is 3. The second-order valence-electron chi connectivity index (χ2n) is 7.39. The predicted octanol–water partition coefficient (Wildman–Crippen LogP) is 2.68. The van der Waals surface area contributed by atoms with Gasteiger partial charge in [0.25, 0.3) is 0 Å². The smallest absolute Gasteiger partial charge is 0.0798 e. The van der Waals surface area contributed by atoms with Crippen molar-refractivity contribution in [2.45, 2.75) is 38.5 Å². The zero-order chi connectivity index (χ0) is 16.5. The highest BCUT2D eigenvalue weighted by Gasteiger charge is 2.43. The van der Waals surface area contributed by atoms with Crippen LogP contribution < -0.4 is 0 Å². The largest absolute Gasteiger partial charge is 0.379 e. The van der Waals surface area contributed by atoms with Crippen LogP contribution >= 0.6 is 0 Å². The van der Waals surface area contributed by atoms with E-state index in [-0.39, 0.29) is 6.10 Å². The molecule has 5 heteroatoms. The average Bonchev–Trinajstić information content (AvgIpc) is 3.19. The van der Waals surface area contributed by atoms with E-state index in [1.54, 1.807) is 0 Å². The molecule has 2 fully saturated rings. The number of nitrogens with zero attached hydrogens (tertiary/aromatic N) is 4. The Morgan fingerprint density at radius 2 is 2.04 bits per heavy atom. The van der Waals surface area contributed by atoms with Gasteiger partial charge >= 0.3 is 0 Å². The molecule has 4 atom stereocenters. The molecule has 1 saturated carbocycles. The number of ether oxygens (including phenoxy) is 1. The van der Waals surface area contributed by atoms with Gasteiger partial charge in [0, 0.05) is 45.3 Å². The van der Waals surface area contributed by atoms with E-state index in [4.69, 9.17) is 4.74 Å². The Bertz CT molecular complexity index is 671. The van der Waals surface area contributed by atoms with E-state index in [1.165, 1.54) is 24.2 Å². The molecule has 4 rings (SSSR count). The summed E-state index contributed by atoms with van der Waals surface area (Å²) in [4.78, 5) is 6.82. The van der Waals surface area contributed by atoms with Crippen LogP contribution in [0.1, 0.15) is 30.0 Å². The Hall–Kier alpha value is -1.72. The van der Waals surface area contributed by atoms with Crippen LogP contribution in [0, 0.1) is 18.8 Å². The lowest BCUT2D eigenvalue weighted by Gasteiger charge is -2.37. The molecule has 5 nitrogen and oxygen atoms in total. The maximum Gasteiger partial charge on any atom is 0.0798 e. The van der Waals surface area contributed by atoms with Gasteiger partial charge in [-0.05, 0) is 48.8 Å². The van der Waals surface area contributed by atoms with Crippen LogP contribution in [0.5, 0.6) is 0 Å². The van der Waals surface area contributed by atoms with Crippen LogP contribution in [0.25, 0.3) is 0 Å². The highest BCUT2D eigenvalue weighted by molar-refractivity contribution is 5.09. The van der Waals surface area contributed by atoms with Crippen LogP contribution in [-0.4, -0.2) is 46.0 Å². The van der Waals surface area contributed by atoms with Gasteiger partial charge in [-0.15, -0.1) is 0 Å². The van der Waals surface area contributed by atoms with Crippen molar-refractivity contribution in [3.05, 3.63) is 48.0 Å². The van der Waals surface area contributed by atoms with Crippen molar-refractivity contribution < 1.29 is 4.74 Å². The van der Waals surface area contributed by atoms with Crippen molar-refractivity contribution in [2.75, 3.05) is 20.2 Å². The number of rotatable bonds is 4. The molecule has 0 unspecified atom stereocenters. The van der Waals surface area contributed by atoms with Gasteiger partial charge in [0.1, 0.15) is 0 Å². The van der Waals surface area contributed by atoms with E-state index in [9.17, 15) is 0 Å². The molecule has 2 aliphatic rings. The van der Waals surface area contributed by atoms with Gasteiger partial charge < -0.3 is 4.74 Å². The molecule has 24 heavy (non-hydrogen) atoms. The van der Waals surface area contributed by atoms with Gasteiger partial charge in [-0.2, -0.15) is 5.10 Å². The molecule has 1 aliphatic heterocycles. The van der Waals surface area contributed by atoms with Gasteiger partial charge in [0.15, 0.2) is 0 Å². The Labute approximate surface area is 143 Å². The monoisotopic (exact) mass is 326 g/mol. The molecule has 0 amide bonds. The van der Waals surface area contributed by atoms with E-state index < -0.39 is 0 Å². The van der Waals surface area contributed by atoms with Crippen molar-refractivity contribution in [3.8, 4) is 0 Å². The zero-order valence-electron chi connectivity index (χ0n) is 14.5.